The first-order valence-electron chi connectivity index (χ1n) is 9.84. The molecule has 1 aromatic carbocycles. The third-order valence-corrected chi connectivity index (χ3v) is 4.97. The van der Waals surface area contributed by atoms with Crippen LogP contribution in [0.25, 0.3) is 28.2 Å². The number of methoxy groups -OCH3 is 1. The van der Waals surface area contributed by atoms with Gasteiger partial charge < -0.3 is 4.74 Å². The van der Waals surface area contributed by atoms with Crippen molar-refractivity contribution in [1.29, 1.82) is 0 Å². The van der Waals surface area contributed by atoms with Crippen molar-refractivity contribution in [2.75, 3.05) is 7.11 Å². The first-order valence-corrected chi connectivity index (χ1v) is 9.84. The summed E-state index contributed by atoms with van der Waals surface area (Å²) in [7, 11) is 1.54. The fraction of sp³-hybridized carbons (Fsp3) is 0.217. The minimum atomic E-state index is -4.33. The average molecular weight is 440 g/mol. The molecule has 164 valence electrons. The lowest BCUT2D eigenvalue weighted by molar-refractivity contribution is -0.143. The number of aromatic nitrogens is 4. The number of hydrogen-bond donors (Lipinski definition) is 0. The normalized spacial score (nSPS) is 11.6. The lowest BCUT2D eigenvalue weighted by atomic mass is 10.0. The summed E-state index contributed by atoms with van der Waals surface area (Å²) in [5.41, 5.74) is 4.52. The monoisotopic (exact) mass is 440 g/mol. The minimum Gasteiger partial charge on any atom is -0.481 e. The van der Waals surface area contributed by atoms with Crippen LogP contribution in [0.15, 0.2) is 61.2 Å². The van der Waals surface area contributed by atoms with Crippen LogP contribution in [0.5, 0.6) is 5.88 Å². The number of benzene rings is 1. The number of nitrogens with zero attached hydrogens (tertiary/aromatic N) is 4. The summed E-state index contributed by atoms with van der Waals surface area (Å²) in [6, 6.07) is 12.7. The van der Waals surface area contributed by atoms with Gasteiger partial charge in [-0.25, -0.2) is 15.0 Å². The Morgan fingerprint density at radius 3 is 2.69 bits per heavy atom. The maximum atomic E-state index is 12.4. The highest BCUT2D eigenvalue weighted by Gasteiger charge is 2.27. The van der Waals surface area contributed by atoms with Crippen LogP contribution in [0.4, 0.5) is 13.2 Å². The highest BCUT2D eigenvalue weighted by molar-refractivity contribution is 5.81. The van der Waals surface area contributed by atoms with Gasteiger partial charge in [0.25, 0.3) is 0 Å². The Kier molecular flexibility index (Phi) is 5.89. The number of rotatable bonds is 7. The molecule has 0 radical (unpaired) electrons. The molecule has 0 N–H and O–H groups in total. The van der Waals surface area contributed by atoms with Crippen LogP contribution in [0.2, 0.25) is 0 Å². The van der Waals surface area contributed by atoms with Gasteiger partial charge in [0.15, 0.2) is 0 Å². The zero-order valence-corrected chi connectivity index (χ0v) is 17.1. The minimum absolute atomic E-state index is 0.0413. The zero-order chi connectivity index (χ0) is 22.7. The van der Waals surface area contributed by atoms with E-state index in [1.807, 2.05) is 28.8 Å². The molecule has 0 aliphatic carbocycles. The number of halogens is 3. The van der Waals surface area contributed by atoms with E-state index < -0.39 is 24.8 Å². The van der Waals surface area contributed by atoms with E-state index in [9.17, 15) is 18.0 Å². The Labute approximate surface area is 181 Å². The van der Waals surface area contributed by atoms with Crippen LogP contribution in [0, 0.1) is 0 Å². The summed E-state index contributed by atoms with van der Waals surface area (Å²) >= 11 is 0. The SMILES string of the molecule is COc1cc(-c2ccn3c(-c4cccc(CC(=O)CCC(F)(F)F)c4)cnc3c2)ncn1. The Bertz CT molecular complexity index is 1270. The molecule has 4 aromatic rings. The van der Waals surface area contributed by atoms with Crippen molar-refractivity contribution < 1.29 is 22.7 Å². The van der Waals surface area contributed by atoms with Crippen molar-refractivity contribution in [1.82, 2.24) is 19.4 Å². The number of alkyl halides is 3. The lowest BCUT2D eigenvalue weighted by Gasteiger charge is -2.08. The molecule has 6 nitrogen and oxygen atoms in total. The molecule has 0 amide bonds. The molecule has 0 unspecified atom stereocenters. The van der Waals surface area contributed by atoms with Crippen LogP contribution in [-0.4, -0.2) is 38.4 Å². The number of carbonyl (C=O) groups excluding carboxylic acids is 1. The van der Waals surface area contributed by atoms with Crippen molar-refractivity contribution in [3.8, 4) is 28.4 Å². The van der Waals surface area contributed by atoms with Gasteiger partial charge >= 0.3 is 6.18 Å². The summed E-state index contributed by atoms with van der Waals surface area (Å²) in [5, 5.41) is 0. The second-order valence-corrected chi connectivity index (χ2v) is 7.26. The fourth-order valence-electron chi connectivity index (χ4n) is 3.40. The molecule has 3 heterocycles. The van der Waals surface area contributed by atoms with E-state index in [0.717, 1.165) is 16.8 Å². The van der Waals surface area contributed by atoms with E-state index in [-0.39, 0.29) is 6.42 Å². The molecule has 32 heavy (non-hydrogen) atoms. The second-order valence-electron chi connectivity index (χ2n) is 7.26. The van der Waals surface area contributed by atoms with Gasteiger partial charge in [-0.05, 0) is 23.8 Å². The summed E-state index contributed by atoms with van der Waals surface area (Å²) in [6.07, 6.45) is -0.979. The molecule has 0 fully saturated rings. The van der Waals surface area contributed by atoms with Crippen LogP contribution < -0.4 is 4.74 Å². The summed E-state index contributed by atoms with van der Waals surface area (Å²) in [4.78, 5) is 24.7. The predicted octanol–water partition coefficient (Wildman–Crippen LogP) is 4.92. The van der Waals surface area contributed by atoms with Gasteiger partial charge in [-0.15, -0.1) is 0 Å². The maximum Gasteiger partial charge on any atom is 0.389 e. The molecule has 9 heteroatoms. The number of hydrogen-bond acceptors (Lipinski definition) is 5. The summed E-state index contributed by atoms with van der Waals surface area (Å²) in [6.45, 7) is 0. The third-order valence-electron chi connectivity index (χ3n) is 4.97. The van der Waals surface area contributed by atoms with Gasteiger partial charge in [-0.3, -0.25) is 9.20 Å². The standard InChI is InChI=1S/C23H19F3N4O2/c1-32-22-12-19(28-14-29-22)16-6-8-30-20(13-27-21(30)11-16)17-4-2-3-15(9-17)10-18(31)5-7-23(24,25)26/h2-4,6,8-9,11-14H,5,7,10H2,1H3. The fourth-order valence-corrected chi connectivity index (χ4v) is 3.40. The molecule has 0 saturated carbocycles. The van der Waals surface area contributed by atoms with Gasteiger partial charge in [0.05, 0.1) is 31.1 Å². The first-order chi connectivity index (χ1) is 15.3. The van der Waals surface area contributed by atoms with Gasteiger partial charge in [0.2, 0.25) is 5.88 Å². The smallest absolute Gasteiger partial charge is 0.389 e. The molecule has 0 atom stereocenters. The quantitative estimate of drug-likeness (QED) is 0.408. The number of pyridine rings is 1. The predicted molar refractivity (Wildman–Crippen MR) is 112 cm³/mol. The van der Waals surface area contributed by atoms with Gasteiger partial charge in [-0.1, -0.05) is 18.2 Å². The van der Waals surface area contributed by atoms with Crippen LogP contribution >= 0.6 is 0 Å². The zero-order valence-electron chi connectivity index (χ0n) is 17.1. The molecule has 4 rings (SSSR count). The molecular weight excluding hydrogens is 421 g/mol. The number of ether oxygens (including phenoxy) is 1. The van der Waals surface area contributed by atoms with Gasteiger partial charge in [0.1, 0.15) is 17.8 Å². The molecule has 0 saturated heterocycles. The maximum absolute atomic E-state index is 12.4. The van der Waals surface area contributed by atoms with Crippen LogP contribution in [0.3, 0.4) is 0 Å². The summed E-state index contributed by atoms with van der Waals surface area (Å²) in [5.74, 6) is 0.0167. The van der Waals surface area contributed by atoms with E-state index >= 15 is 0 Å². The second kappa shape index (κ2) is 8.78. The van der Waals surface area contributed by atoms with Crippen molar-refractivity contribution >= 4 is 11.4 Å². The number of fused-ring (bicyclic) bond motifs is 1. The number of Topliss-reactive ketones (excluding diaryl/α,β-unsaturated/α-hetero) is 1. The number of carbonyl (C=O) groups is 1. The molecular formula is C23H19F3N4O2. The van der Waals surface area contributed by atoms with E-state index in [0.29, 0.717) is 22.8 Å². The largest absolute Gasteiger partial charge is 0.481 e. The van der Waals surface area contributed by atoms with Crippen molar-refractivity contribution in [2.45, 2.75) is 25.4 Å². The van der Waals surface area contributed by atoms with Crippen molar-refractivity contribution in [3.05, 3.63) is 66.7 Å². The highest BCUT2D eigenvalue weighted by atomic mass is 19.4. The topological polar surface area (TPSA) is 69.4 Å². The van der Waals surface area contributed by atoms with Crippen LogP contribution in [0.1, 0.15) is 18.4 Å². The van der Waals surface area contributed by atoms with Gasteiger partial charge in [-0.2, -0.15) is 13.2 Å². The van der Waals surface area contributed by atoms with Crippen LogP contribution in [-0.2, 0) is 11.2 Å². The van der Waals surface area contributed by atoms with E-state index in [4.69, 9.17) is 4.74 Å². The lowest BCUT2D eigenvalue weighted by Crippen LogP contribution is -2.12. The third kappa shape index (κ3) is 4.93. The Balaban J connectivity index is 1.57. The highest BCUT2D eigenvalue weighted by Crippen LogP contribution is 2.27. The van der Waals surface area contributed by atoms with E-state index in [1.165, 1.54) is 13.4 Å². The van der Waals surface area contributed by atoms with Gasteiger partial charge in [0, 0.05) is 36.2 Å². The van der Waals surface area contributed by atoms with E-state index in [1.54, 1.807) is 30.5 Å². The van der Waals surface area contributed by atoms with Crippen molar-refractivity contribution in [2.24, 2.45) is 0 Å². The summed E-state index contributed by atoms with van der Waals surface area (Å²) < 4.78 is 44.1. The molecule has 0 aliphatic heterocycles. The Morgan fingerprint density at radius 2 is 1.91 bits per heavy atom. The average Bonchev–Trinajstić information content (AvgIpc) is 3.21. The molecule has 0 spiro atoms. The Hall–Kier alpha value is -3.75. The van der Waals surface area contributed by atoms with Crippen molar-refractivity contribution in [3.63, 3.8) is 0 Å². The number of ketones is 1. The van der Waals surface area contributed by atoms with E-state index in [2.05, 4.69) is 15.0 Å². The first kappa shape index (κ1) is 21.5. The number of imidazole rings is 1. The molecule has 0 aliphatic rings. The molecule has 3 aromatic heterocycles. The Morgan fingerprint density at radius 1 is 1.06 bits per heavy atom. The molecule has 0 bridgehead atoms.